The van der Waals surface area contributed by atoms with Crippen molar-refractivity contribution in [2.45, 2.75) is 12.8 Å². The lowest BCUT2D eigenvalue weighted by Gasteiger charge is -2.05. The molecule has 0 aliphatic heterocycles. The molecule has 1 aliphatic carbocycles. The van der Waals surface area contributed by atoms with Crippen molar-refractivity contribution < 1.29 is 4.92 Å². The van der Waals surface area contributed by atoms with Crippen molar-refractivity contribution in [3.63, 3.8) is 0 Å². The number of nitrogens with one attached hydrogen (secondary N) is 1. The van der Waals surface area contributed by atoms with Gasteiger partial charge in [0.25, 0.3) is 5.69 Å². The number of anilines is 1. The van der Waals surface area contributed by atoms with Crippen LogP contribution < -0.4 is 5.32 Å². The van der Waals surface area contributed by atoms with E-state index in [0.29, 0.717) is 4.47 Å². The third-order valence-corrected chi connectivity index (χ3v) is 3.11. The van der Waals surface area contributed by atoms with E-state index in [1.54, 1.807) is 12.1 Å². The summed E-state index contributed by atoms with van der Waals surface area (Å²) in [4.78, 5) is 10.3. The number of rotatable bonds is 4. The normalized spacial score (nSPS) is 15.0. The summed E-state index contributed by atoms with van der Waals surface area (Å²) in [6.45, 7) is 0.915. The third kappa shape index (κ3) is 2.68. The first-order valence-electron chi connectivity index (χ1n) is 4.84. The number of hydrogen-bond acceptors (Lipinski definition) is 3. The lowest BCUT2D eigenvalue weighted by molar-refractivity contribution is -0.385. The zero-order chi connectivity index (χ0) is 10.8. The second-order valence-corrected chi connectivity index (χ2v) is 4.60. The average Bonchev–Trinajstić information content (AvgIpc) is 3.00. The molecular formula is C10H11BrN2O2. The molecule has 0 amide bonds. The van der Waals surface area contributed by atoms with Crippen molar-refractivity contribution in [1.29, 1.82) is 0 Å². The molecule has 0 radical (unpaired) electrons. The Labute approximate surface area is 96.0 Å². The summed E-state index contributed by atoms with van der Waals surface area (Å²) in [7, 11) is 0. The first-order chi connectivity index (χ1) is 7.16. The highest BCUT2D eigenvalue weighted by atomic mass is 79.9. The van der Waals surface area contributed by atoms with Gasteiger partial charge in [-0.05, 0) is 46.8 Å². The molecule has 0 heterocycles. The summed E-state index contributed by atoms with van der Waals surface area (Å²) in [6.07, 6.45) is 2.54. The highest BCUT2D eigenvalue weighted by Gasteiger charge is 2.21. The molecule has 4 nitrogen and oxygen atoms in total. The van der Waals surface area contributed by atoms with Crippen molar-refractivity contribution >= 4 is 27.3 Å². The maximum atomic E-state index is 10.7. The smallest absolute Gasteiger partial charge is 0.285 e. The molecule has 2 rings (SSSR count). The number of nitro benzene ring substituents is 1. The van der Waals surface area contributed by atoms with Crippen molar-refractivity contribution in [2.24, 2.45) is 5.92 Å². The van der Waals surface area contributed by atoms with Crippen molar-refractivity contribution in [2.75, 3.05) is 11.9 Å². The van der Waals surface area contributed by atoms with Gasteiger partial charge in [0.1, 0.15) is 0 Å². The molecule has 15 heavy (non-hydrogen) atoms. The zero-order valence-electron chi connectivity index (χ0n) is 8.07. The van der Waals surface area contributed by atoms with Crippen LogP contribution in [-0.4, -0.2) is 11.5 Å². The predicted octanol–water partition coefficient (Wildman–Crippen LogP) is 3.18. The van der Waals surface area contributed by atoms with Gasteiger partial charge in [0.15, 0.2) is 0 Å². The second-order valence-electron chi connectivity index (χ2n) is 3.75. The van der Waals surface area contributed by atoms with Crippen LogP contribution in [0.25, 0.3) is 0 Å². The minimum absolute atomic E-state index is 0.107. The standard InChI is InChI=1S/C10H11BrN2O2/c11-9-4-3-8(5-10(9)13(14)15)12-6-7-1-2-7/h3-5,7,12H,1-2,6H2. The molecule has 0 unspecified atom stereocenters. The van der Waals surface area contributed by atoms with Gasteiger partial charge in [0.2, 0.25) is 0 Å². The second kappa shape index (κ2) is 4.18. The van der Waals surface area contributed by atoms with Gasteiger partial charge in [0, 0.05) is 18.3 Å². The van der Waals surface area contributed by atoms with Gasteiger partial charge in [-0.1, -0.05) is 0 Å². The molecule has 1 fully saturated rings. The van der Waals surface area contributed by atoms with Crippen LogP contribution in [0.3, 0.4) is 0 Å². The first-order valence-corrected chi connectivity index (χ1v) is 5.64. The fraction of sp³-hybridized carbons (Fsp3) is 0.400. The van der Waals surface area contributed by atoms with Gasteiger partial charge in [-0.15, -0.1) is 0 Å². The SMILES string of the molecule is O=[N+]([O-])c1cc(NCC2CC2)ccc1Br. The molecule has 1 aliphatic rings. The van der Waals surface area contributed by atoms with Crippen LogP contribution >= 0.6 is 15.9 Å². The molecule has 0 saturated heterocycles. The van der Waals surface area contributed by atoms with E-state index in [-0.39, 0.29) is 10.6 Å². The number of benzene rings is 1. The van der Waals surface area contributed by atoms with Crippen molar-refractivity contribution in [3.8, 4) is 0 Å². The van der Waals surface area contributed by atoms with Crippen molar-refractivity contribution in [3.05, 3.63) is 32.8 Å². The van der Waals surface area contributed by atoms with E-state index in [2.05, 4.69) is 21.2 Å². The Kier molecular flexibility index (Phi) is 2.90. The monoisotopic (exact) mass is 270 g/mol. The average molecular weight is 271 g/mol. The van der Waals surface area contributed by atoms with Crippen LogP contribution in [0, 0.1) is 16.0 Å². The van der Waals surface area contributed by atoms with E-state index >= 15 is 0 Å². The Morgan fingerprint density at radius 2 is 2.27 bits per heavy atom. The Hall–Kier alpha value is -1.10. The summed E-state index contributed by atoms with van der Waals surface area (Å²) in [5, 5.41) is 13.9. The minimum atomic E-state index is -0.383. The zero-order valence-corrected chi connectivity index (χ0v) is 9.66. The Bertz CT molecular complexity index is 391. The van der Waals surface area contributed by atoms with Gasteiger partial charge >= 0.3 is 0 Å². The van der Waals surface area contributed by atoms with E-state index in [4.69, 9.17) is 0 Å². The van der Waals surface area contributed by atoms with Crippen LogP contribution in [0.1, 0.15) is 12.8 Å². The van der Waals surface area contributed by atoms with Gasteiger partial charge in [0.05, 0.1) is 9.40 Å². The number of hydrogen-bond donors (Lipinski definition) is 1. The van der Waals surface area contributed by atoms with Crippen LogP contribution in [0.4, 0.5) is 11.4 Å². The van der Waals surface area contributed by atoms with Crippen LogP contribution in [-0.2, 0) is 0 Å². The van der Waals surface area contributed by atoms with Crippen LogP contribution in [0.2, 0.25) is 0 Å². The Balaban J connectivity index is 2.10. The maximum Gasteiger partial charge on any atom is 0.285 e. The van der Waals surface area contributed by atoms with E-state index in [1.807, 2.05) is 6.07 Å². The van der Waals surface area contributed by atoms with Gasteiger partial charge in [-0.3, -0.25) is 10.1 Å². The molecule has 1 saturated carbocycles. The molecule has 1 aromatic rings. The van der Waals surface area contributed by atoms with E-state index < -0.39 is 0 Å². The van der Waals surface area contributed by atoms with E-state index in [1.165, 1.54) is 12.8 Å². The minimum Gasteiger partial charge on any atom is -0.385 e. The fourth-order valence-electron chi connectivity index (χ4n) is 1.35. The summed E-state index contributed by atoms with van der Waals surface area (Å²) in [5.41, 5.74) is 0.924. The van der Waals surface area contributed by atoms with Gasteiger partial charge < -0.3 is 5.32 Å². The molecular weight excluding hydrogens is 260 g/mol. The molecule has 0 aromatic heterocycles. The molecule has 5 heteroatoms. The van der Waals surface area contributed by atoms with Crippen molar-refractivity contribution in [1.82, 2.24) is 0 Å². The molecule has 0 atom stereocenters. The fourth-order valence-corrected chi connectivity index (χ4v) is 1.74. The summed E-state index contributed by atoms with van der Waals surface area (Å²) >= 11 is 3.15. The third-order valence-electron chi connectivity index (χ3n) is 2.43. The number of halogens is 1. The van der Waals surface area contributed by atoms with Crippen LogP contribution in [0.5, 0.6) is 0 Å². The Morgan fingerprint density at radius 3 is 2.87 bits per heavy atom. The molecule has 0 spiro atoms. The summed E-state index contributed by atoms with van der Waals surface area (Å²) < 4.78 is 0.518. The van der Waals surface area contributed by atoms with E-state index in [9.17, 15) is 10.1 Å². The van der Waals surface area contributed by atoms with E-state index in [0.717, 1.165) is 18.2 Å². The molecule has 1 aromatic carbocycles. The number of nitro groups is 1. The lowest BCUT2D eigenvalue weighted by Crippen LogP contribution is -2.03. The van der Waals surface area contributed by atoms with Gasteiger partial charge in [-0.2, -0.15) is 0 Å². The Morgan fingerprint density at radius 1 is 1.53 bits per heavy atom. The number of nitrogens with zero attached hydrogens (tertiary/aromatic N) is 1. The largest absolute Gasteiger partial charge is 0.385 e. The summed E-state index contributed by atoms with van der Waals surface area (Å²) in [5.74, 6) is 0.757. The van der Waals surface area contributed by atoms with Crippen LogP contribution in [0.15, 0.2) is 22.7 Å². The maximum absolute atomic E-state index is 10.7. The molecule has 0 bridgehead atoms. The van der Waals surface area contributed by atoms with Gasteiger partial charge in [-0.25, -0.2) is 0 Å². The lowest BCUT2D eigenvalue weighted by atomic mass is 10.2. The quantitative estimate of drug-likeness (QED) is 0.675. The first kappa shape index (κ1) is 10.4. The highest BCUT2D eigenvalue weighted by Crippen LogP contribution is 2.31. The topological polar surface area (TPSA) is 55.2 Å². The predicted molar refractivity (Wildman–Crippen MR) is 62.0 cm³/mol. The highest BCUT2D eigenvalue weighted by molar-refractivity contribution is 9.10. The summed E-state index contributed by atoms with van der Waals surface area (Å²) in [6, 6.07) is 5.11. The molecule has 80 valence electrons. The molecule has 1 N–H and O–H groups in total.